The molecule has 0 amide bonds. The van der Waals surface area contributed by atoms with Gasteiger partial charge < -0.3 is 10.1 Å². The molecule has 0 saturated carbocycles. The molecule has 1 atom stereocenters. The number of hydrogen-bond acceptors (Lipinski definition) is 3. The van der Waals surface area contributed by atoms with Crippen molar-refractivity contribution < 1.29 is 4.74 Å². The van der Waals surface area contributed by atoms with Gasteiger partial charge in [-0.05, 0) is 36.8 Å². The summed E-state index contributed by atoms with van der Waals surface area (Å²) in [5.74, 6) is 1.78. The molecular weight excluding hydrogens is 331 g/mol. The summed E-state index contributed by atoms with van der Waals surface area (Å²) in [6.45, 7) is 6.62. The van der Waals surface area contributed by atoms with Crippen molar-refractivity contribution in [2.75, 3.05) is 26.2 Å². The smallest absolute Gasteiger partial charge is 0.127 e. The van der Waals surface area contributed by atoms with Gasteiger partial charge in [0, 0.05) is 32.2 Å². The first-order valence-corrected chi connectivity index (χ1v) is 7.60. The summed E-state index contributed by atoms with van der Waals surface area (Å²) < 4.78 is 5.93. The van der Waals surface area contributed by atoms with Gasteiger partial charge in [0.1, 0.15) is 11.5 Å². The van der Waals surface area contributed by atoms with E-state index in [4.69, 9.17) is 4.74 Å². The lowest BCUT2D eigenvalue weighted by Crippen LogP contribution is -2.44. The lowest BCUT2D eigenvalue weighted by molar-refractivity contribution is 0.185. The van der Waals surface area contributed by atoms with Crippen molar-refractivity contribution in [2.45, 2.75) is 13.0 Å². The van der Waals surface area contributed by atoms with E-state index in [-0.39, 0.29) is 24.8 Å². The first kappa shape index (κ1) is 19.8. The molecule has 1 heterocycles. The normalized spacial score (nSPS) is 15.9. The second-order valence-electron chi connectivity index (χ2n) is 5.45. The Balaban J connectivity index is 0.00000132. The number of ether oxygens (including phenoxy) is 1. The first-order chi connectivity index (χ1) is 10.3. The molecule has 3 nitrogen and oxygen atoms in total. The van der Waals surface area contributed by atoms with Crippen molar-refractivity contribution in [1.82, 2.24) is 10.2 Å². The minimum absolute atomic E-state index is 0. The molecule has 0 spiro atoms. The first-order valence-electron chi connectivity index (χ1n) is 7.60. The van der Waals surface area contributed by atoms with Crippen molar-refractivity contribution in [3.8, 4) is 11.5 Å². The van der Waals surface area contributed by atoms with Crippen molar-refractivity contribution in [1.29, 1.82) is 0 Å². The SMILES string of the molecule is C[C@@H](c1cccc(Oc2ccccc2)c1)N1CCNCC1.Cl.Cl. The molecule has 0 aromatic heterocycles. The second-order valence-corrected chi connectivity index (χ2v) is 5.45. The van der Waals surface area contributed by atoms with Crippen LogP contribution in [0.2, 0.25) is 0 Å². The van der Waals surface area contributed by atoms with Gasteiger partial charge in [-0.3, -0.25) is 4.90 Å². The lowest BCUT2D eigenvalue weighted by Gasteiger charge is -2.33. The number of piperazine rings is 1. The Morgan fingerprint density at radius 2 is 1.57 bits per heavy atom. The number of hydrogen-bond donors (Lipinski definition) is 1. The zero-order chi connectivity index (χ0) is 14.5. The van der Waals surface area contributed by atoms with Crippen LogP contribution < -0.4 is 10.1 Å². The van der Waals surface area contributed by atoms with Crippen LogP contribution in [0, 0.1) is 0 Å². The van der Waals surface area contributed by atoms with Crippen molar-refractivity contribution in [3.05, 3.63) is 60.2 Å². The summed E-state index contributed by atoms with van der Waals surface area (Å²) in [7, 11) is 0. The molecule has 1 saturated heterocycles. The summed E-state index contributed by atoms with van der Waals surface area (Å²) >= 11 is 0. The number of nitrogens with zero attached hydrogens (tertiary/aromatic N) is 1. The van der Waals surface area contributed by atoms with Crippen LogP contribution in [0.25, 0.3) is 0 Å². The van der Waals surface area contributed by atoms with Gasteiger partial charge in [-0.25, -0.2) is 0 Å². The number of halogens is 2. The molecule has 0 bridgehead atoms. The van der Waals surface area contributed by atoms with E-state index >= 15 is 0 Å². The van der Waals surface area contributed by atoms with Crippen LogP contribution in [0.1, 0.15) is 18.5 Å². The maximum Gasteiger partial charge on any atom is 0.127 e. The third-order valence-corrected chi connectivity index (χ3v) is 4.02. The van der Waals surface area contributed by atoms with Crippen LogP contribution in [0.3, 0.4) is 0 Å². The highest BCUT2D eigenvalue weighted by Gasteiger charge is 2.18. The van der Waals surface area contributed by atoms with E-state index in [1.54, 1.807) is 0 Å². The van der Waals surface area contributed by atoms with Crippen molar-refractivity contribution in [2.24, 2.45) is 0 Å². The molecule has 0 radical (unpaired) electrons. The number of benzene rings is 2. The van der Waals surface area contributed by atoms with E-state index in [0.29, 0.717) is 6.04 Å². The zero-order valence-electron chi connectivity index (χ0n) is 13.3. The van der Waals surface area contributed by atoms with Gasteiger partial charge in [-0.1, -0.05) is 30.3 Å². The van der Waals surface area contributed by atoms with E-state index < -0.39 is 0 Å². The lowest BCUT2D eigenvalue weighted by atomic mass is 10.1. The summed E-state index contributed by atoms with van der Waals surface area (Å²) in [5, 5.41) is 3.40. The molecule has 126 valence electrons. The number of rotatable bonds is 4. The average Bonchev–Trinajstić information content (AvgIpc) is 2.56. The van der Waals surface area contributed by atoms with E-state index in [0.717, 1.165) is 37.7 Å². The third kappa shape index (κ3) is 5.40. The van der Waals surface area contributed by atoms with Gasteiger partial charge in [0.15, 0.2) is 0 Å². The maximum atomic E-state index is 5.93. The Morgan fingerprint density at radius 1 is 0.913 bits per heavy atom. The van der Waals surface area contributed by atoms with Crippen LogP contribution in [0.5, 0.6) is 11.5 Å². The zero-order valence-corrected chi connectivity index (χ0v) is 14.9. The van der Waals surface area contributed by atoms with Crippen LogP contribution in [0.15, 0.2) is 54.6 Å². The van der Waals surface area contributed by atoms with Crippen LogP contribution >= 0.6 is 24.8 Å². The molecule has 2 aromatic rings. The summed E-state index contributed by atoms with van der Waals surface area (Å²) in [6.07, 6.45) is 0. The van der Waals surface area contributed by atoms with Gasteiger partial charge in [-0.15, -0.1) is 24.8 Å². The van der Waals surface area contributed by atoms with Crippen LogP contribution in [-0.4, -0.2) is 31.1 Å². The van der Waals surface area contributed by atoms with Gasteiger partial charge in [0.25, 0.3) is 0 Å². The molecule has 5 heteroatoms. The minimum atomic E-state index is 0. The molecule has 23 heavy (non-hydrogen) atoms. The predicted octanol–water partition coefficient (Wildman–Crippen LogP) is 4.29. The minimum Gasteiger partial charge on any atom is -0.457 e. The topological polar surface area (TPSA) is 24.5 Å². The van der Waals surface area contributed by atoms with Crippen molar-refractivity contribution in [3.63, 3.8) is 0 Å². The monoisotopic (exact) mass is 354 g/mol. The average molecular weight is 355 g/mol. The number of nitrogens with one attached hydrogen (secondary N) is 1. The molecule has 0 aliphatic carbocycles. The highest BCUT2D eigenvalue weighted by Crippen LogP contribution is 2.27. The fraction of sp³-hybridized carbons (Fsp3) is 0.333. The Labute approximate surface area is 150 Å². The number of para-hydroxylation sites is 1. The van der Waals surface area contributed by atoms with Gasteiger partial charge in [0.2, 0.25) is 0 Å². The van der Waals surface area contributed by atoms with E-state index in [9.17, 15) is 0 Å². The Kier molecular flexibility index (Phi) is 8.42. The summed E-state index contributed by atoms with van der Waals surface area (Å²) in [4.78, 5) is 2.51. The van der Waals surface area contributed by atoms with Crippen LogP contribution in [0.4, 0.5) is 0 Å². The van der Waals surface area contributed by atoms with Gasteiger partial charge >= 0.3 is 0 Å². The van der Waals surface area contributed by atoms with E-state index in [2.05, 4.69) is 35.3 Å². The Hall–Kier alpha value is -1.26. The Morgan fingerprint density at radius 3 is 2.26 bits per heavy atom. The van der Waals surface area contributed by atoms with Gasteiger partial charge in [-0.2, -0.15) is 0 Å². The molecule has 1 aliphatic rings. The highest BCUT2D eigenvalue weighted by molar-refractivity contribution is 5.85. The molecular formula is C18H24Cl2N2O. The molecule has 1 N–H and O–H groups in total. The molecule has 1 aliphatic heterocycles. The van der Waals surface area contributed by atoms with E-state index in [1.165, 1.54) is 5.56 Å². The molecule has 2 aromatic carbocycles. The highest BCUT2D eigenvalue weighted by atomic mass is 35.5. The fourth-order valence-electron chi connectivity index (χ4n) is 2.74. The Bertz CT molecular complexity index is 574. The van der Waals surface area contributed by atoms with Gasteiger partial charge in [0.05, 0.1) is 0 Å². The summed E-state index contributed by atoms with van der Waals surface area (Å²) in [6, 6.07) is 18.8. The largest absolute Gasteiger partial charge is 0.457 e. The fourth-order valence-corrected chi connectivity index (χ4v) is 2.74. The predicted molar refractivity (Wildman–Crippen MR) is 100 cm³/mol. The van der Waals surface area contributed by atoms with E-state index in [1.807, 2.05) is 36.4 Å². The van der Waals surface area contributed by atoms with Crippen molar-refractivity contribution >= 4 is 24.8 Å². The summed E-state index contributed by atoms with van der Waals surface area (Å²) in [5.41, 5.74) is 1.31. The molecule has 1 fully saturated rings. The standard InChI is InChI=1S/C18H22N2O.2ClH/c1-15(20-12-10-19-11-13-20)16-6-5-9-18(14-16)21-17-7-3-2-4-8-17;;/h2-9,14-15,19H,10-13H2,1H3;2*1H/t15-;;/m0../s1. The maximum absolute atomic E-state index is 5.93. The molecule has 3 rings (SSSR count). The van der Waals surface area contributed by atoms with Crippen LogP contribution in [-0.2, 0) is 0 Å². The second kappa shape index (κ2) is 9.78. The third-order valence-electron chi connectivity index (χ3n) is 4.02. The molecule has 0 unspecified atom stereocenters. The quantitative estimate of drug-likeness (QED) is 0.886.